The molecule has 0 saturated carbocycles. The lowest BCUT2D eigenvalue weighted by Crippen LogP contribution is -2.42. The van der Waals surface area contributed by atoms with Gasteiger partial charge in [0, 0.05) is 43.6 Å². The molecule has 1 fully saturated rings. The first-order chi connectivity index (χ1) is 15.0. The highest BCUT2D eigenvalue weighted by atomic mass is 16.2. The molecule has 1 saturated heterocycles. The average molecular weight is 416 g/mol. The molecule has 2 aromatic carbocycles. The number of para-hydroxylation sites is 1. The molecule has 2 heterocycles. The SMILES string of the molecule is CCC(=O)N1CCC(C(NC(C)=O)c2ccc(-c3cnc4ccccc4c3)cc2)CC1. The van der Waals surface area contributed by atoms with Crippen molar-refractivity contribution in [3.05, 3.63) is 66.4 Å². The molecule has 1 aliphatic heterocycles. The number of benzene rings is 2. The maximum Gasteiger partial charge on any atom is 0.222 e. The fourth-order valence-electron chi connectivity index (χ4n) is 4.51. The highest BCUT2D eigenvalue weighted by Gasteiger charge is 2.29. The lowest BCUT2D eigenvalue weighted by Gasteiger charge is -2.36. The first kappa shape index (κ1) is 21.0. The van der Waals surface area contributed by atoms with Gasteiger partial charge in [-0.25, -0.2) is 0 Å². The number of likely N-dealkylation sites (tertiary alicyclic amines) is 1. The topological polar surface area (TPSA) is 62.3 Å². The van der Waals surface area contributed by atoms with Crippen LogP contribution in [0.1, 0.15) is 44.7 Å². The number of carbonyl (C=O) groups is 2. The third-order valence-electron chi connectivity index (χ3n) is 6.22. The van der Waals surface area contributed by atoms with Crippen molar-refractivity contribution in [1.82, 2.24) is 15.2 Å². The number of piperidine rings is 1. The van der Waals surface area contributed by atoms with Gasteiger partial charge in [0.05, 0.1) is 11.6 Å². The minimum absolute atomic E-state index is 0.0279. The smallest absolute Gasteiger partial charge is 0.222 e. The van der Waals surface area contributed by atoms with Crippen molar-refractivity contribution in [3.8, 4) is 11.1 Å². The zero-order valence-electron chi connectivity index (χ0n) is 18.2. The minimum atomic E-state index is -0.0415. The van der Waals surface area contributed by atoms with E-state index in [1.165, 1.54) is 0 Å². The second-order valence-electron chi connectivity index (χ2n) is 8.29. The molecular weight excluding hydrogens is 386 g/mol. The summed E-state index contributed by atoms with van der Waals surface area (Å²) < 4.78 is 0. The summed E-state index contributed by atoms with van der Waals surface area (Å²) in [6.07, 6.45) is 4.24. The molecule has 2 amide bonds. The van der Waals surface area contributed by atoms with Crippen LogP contribution in [0.5, 0.6) is 0 Å². The van der Waals surface area contributed by atoms with Crippen LogP contribution < -0.4 is 5.32 Å². The van der Waals surface area contributed by atoms with Crippen LogP contribution in [0, 0.1) is 5.92 Å². The first-order valence-corrected chi connectivity index (χ1v) is 11.0. The normalized spacial score (nSPS) is 15.6. The lowest BCUT2D eigenvalue weighted by atomic mass is 9.84. The number of hydrogen-bond donors (Lipinski definition) is 1. The predicted octanol–water partition coefficient (Wildman–Crippen LogP) is 4.73. The Morgan fingerprint density at radius 3 is 2.45 bits per heavy atom. The number of rotatable bonds is 5. The molecule has 31 heavy (non-hydrogen) atoms. The lowest BCUT2D eigenvalue weighted by molar-refractivity contribution is -0.132. The molecule has 1 aromatic heterocycles. The van der Waals surface area contributed by atoms with Gasteiger partial charge in [-0.1, -0.05) is 49.4 Å². The number of aromatic nitrogens is 1. The van der Waals surface area contributed by atoms with Gasteiger partial charge < -0.3 is 10.2 Å². The largest absolute Gasteiger partial charge is 0.349 e. The summed E-state index contributed by atoms with van der Waals surface area (Å²) in [4.78, 5) is 30.4. The zero-order valence-corrected chi connectivity index (χ0v) is 18.2. The zero-order chi connectivity index (χ0) is 21.8. The number of pyridine rings is 1. The Balaban J connectivity index is 1.54. The molecule has 1 aliphatic rings. The van der Waals surface area contributed by atoms with E-state index in [9.17, 15) is 9.59 Å². The molecule has 1 atom stereocenters. The molecule has 1 N–H and O–H groups in total. The van der Waals surface area contributed by atoms with Crippen LogP contribution in [-0.2, 0) is 9.59 Å². The highest BCUT2D eigenvalue weighted by molar-refractivity contribution is 5.83. The molecule has 0 spiro atoms. The third-order valence-corrected chi connectivity index (χ3v) is 6.22. The summed E-state index contributed by atoms with van der Waals surface area (Å²) in [5.41, 5.74) is 4.27. The maximum atomic E-state index is 12.0. The number of nitrogens with zero attached hydrogens (tertiary/aromatic N) is 2. The van der Waals surface area contributed by atoms with Crippen molar-refractivity contribution in [2.24, 2.45) is 5.92 Å². The molecule has 0 radical (unpaired) electrons. The van der Waals surface area contributed by atoms with Crippen molar-refractivity contribution in [2.45, 2.75) is 39.2 Å². The van der Waals surface area contributed by atoms with Gasteiger partial charge in [-0.15, -0.1) is 0 Å². The van der Waals surface area contributed by atoms with E-state index in [0.29, 0.717) is 12.3 Å². The van der Waals surface area contributed by atoms with Crippen molar-refractivity contribution < 1.29 is 9.59 Å². The highest BCUT2D eigenvalue weighted by Crippen LogP contribution is 2.32. The van der Waals surface area contributed by atoms with Crippen LogP contribution in [-0.4, -0.2) is 34.8 Å². The molecular formula is C26H29N3O2. The maximum absolute atomic E-state index is 12.0. The molecule has 5 heteroatoms. The number of amides is 2. The number of nitrogens with one attached hydrogen (secondary N) is 1. The summed E-state index contributed by atoms with van der Waals surface area (Å²) in [6, 6.07) is 18.6. The summed E-state index contributed by atoms with van der Waals surface area (Å²) in [5, 5.41) is 4.27. The van der Waals surface area contributed by atoms with Gasteiger partial charge >= 0.3 is 0 Å². The van der Waals surface area contributed by atoms with Crippen LogP contribution in [0.4, 0.5) is 0 Å². The van der Waals surface area contributed by atoms with E-state index in [0.717, 1.165) is 53.5 Å². The Hall–Kier alpha value is -3.21. The van der Waals surface area contributed by atoms with Gasteiger partial charge in [0.25, 0.3) is 0 Å². The molecule has 3 aromatic rings. The van der Waals surface area contributed by atoms with Gasteiger partial charge in [-0.2, -0.15) is 0 Å². The van der Waals surface area contributed by atoms with E-state index in [4.69, 9.17) is 0 Å². The van der Waals surface area contributed by atoms with Gasteiger partial charge in [0.2, 0.25) is 11.8 Å². The van der Waals surface area contributed by atoms with Gasteiger partial charge in [-0.05, 0) is 42.0 Å². The molecule has 1 unspecified atom stereocenters. The summed E-state index contributed by atoms with van der Waals surface area (Å²) in [5.74, 6) is 0.501. The second kappa shape index (κ2) is 9.29. The van der Waals surface area contributed by atoms with Crippen LogP contribution in [0.3, 0.4) is 0 Å². The molecule has 4 rings (SSSR count). The van der Waals surface area contributed by atoms with Crippen molar-refractivity contribution >= 4 is 22.7 Å². The Labute approximate surface area is 183 Å². The molecule has 5 nitrogen and oxygen atoms in total. The van der Waals surface area contributed by atoms with Gasteiger partial charge in [0.1, 0.15) is 0 Å². The minimum Gasteiger partial charge on any atom is -0.349 e. The standard InChI is InChI=1S/C26H29N3O2/c1-3-25(31)29-14-12-21(13-15-29)26(28-18(2)30)20-10-8-19(9-11-20)23-16-22-6-4-5-7-24(22)27-17-23/h4-11,16-17,21,26H,3,12-15H2,1-2H3,(H,28,30). The van der Waals surface area contributed by atoms with E-state index >= 15 is 0 Å². The Kier molecular flexibility index (Phi) is 6.31. The second-order valence-corrected chi connectivity index (χ2v) is 8.29. The summed E-state index contributed by atoms with van der Waals surface area (Å²) >= 11 is 0. The van der Waals surface area contributed by atoms with Crippen molar-refractivity contribution in [2.75, 3.05) is 13.1 Å². The fourth-order valence-corrected chi connectivity index (χ4v) is 4.51. The van der Waals surface area contributed by atoms with E-state index < -0.39 is 0 Å². The van der Waals surface area contributed by atoms with Crippen molar-refractivity contribution in [1.29, 1.82) is 0 Å². The summed E-state index contributed by atoms with van der Waals surface area (Å²) in [6.45, 7) is 4.99. The monoisotopic (exact) mass is 415 g/mol. The van der Waals surface area contributed by atoms with E-state index in [1.54, 1.807) is 6.92 Å². The first-order valence-electron chi connectivity index (χ1n) is 11.0. The number of hydrogen-bond acceptors (Lipinski definition) is 3. The fraction of sp³-hybridized carbons (Fsp3) is 0.346. The number of carbonyl (C=O) groups excluding carboxylic acids is 2. The van der Waals surface area contributed by atoms with Crippen molar-refractivity contribution in [3.63, 3.8) is 0 Å². The van der Waals surface area contributed by atoms with E-state index in [1.807, 2.05) is 36.2 Å². The third kappa shape index (κ3) is 4.76. The van der Waals surface area contributed by atoms with Crippen LogP contribution in [0.25, 0.3) is 22.0 Å². The van der Waals surface area contributed by atoms with Gasteiger partial charge in [-0.3, -0.25) is 14.6 Å². The Morgan fingerprint density at radius 1 is 1.06 bits per heavy atom. The quantitative estimate of drug-likeness (QED) is 0.655. The Bertz CT molecular complexity index is 1070. The van der Waals surface area contributed by atoms with Crippen LogP contribution in [0.15, 0.2) is 60.8 Å². The predicted molar refractivity (Wildman–Crippen MR) is 123 cm³/mol. The van der Waals surface area contributed by atoms with E-state index in [-0.39, 0.29) is 17.9 Å². The molecule has 160 valence electrons. The van der Waals surface area contributed by atoms with Gasteiger partial charge in [0.15, 0.2) is 0 Å². The van der Waals surface area contributed by atoms with Crippen LogP contribution in [0.2, 0.25) is 0 Å². The average Bonchev–Trinajstić information content (AvgIpc) is 2.82. The van der Waals surface area contributed by atoms with Crippen LogP contribution >= 0.6 is 0 Å². The Morgan fingerprint density at radius 2 is 1.77 bits per heavy atom. The van der Waals surface area contributed by atoms with E-state index in [2.05, 4.69) is 46.7 Å². The summed E-state index contributed by atoms with van der Waals surface area (Å²) in [7, 11) is 0. The molecule has 0 aliphatic carbocycles. The number of fused-ring (bicyclic) bond motifs is 1. The molecule has 0 bridgehead atoms.